The van der Waals surface area contributed by atoms with Gasteiger partial charge in [0.25, 0.3) is 5.89 Å². The first-order valence-electron chi connectivity index (χ1n) is 6.08. The summed E-state index contributed by atoms with van der Waals surface area (Å²) in [5.74, 6) is 1.08. The van der Waals surface area contributed by atoms with E-state index >= 15 is 0 Å². The third kappa shape index (κ3) is 2.82. The van der Waals surface area contributed by atoms with Crippen molar-refractivity contribution in [2.24, 2.45) is 0 Å². The molecule has 0 radical (unpaired) electrons. The Bertz CT molecular complexity index is 726. The first kappa shape index (κ1) is 13.1. The maximum atomic E-state index is 9.86. The van der Waals surface area contributed by atoms with Gasteiger partial charge in [-0.3, -0.25) is 0 Å². The van der Waals surface area contributed by atoms with E-state index in [1.807, 2.05) is 42.5 Å². The molecule has 0 unspecified atom stereocenters. The lowest BCUT2D eigenvalue weighted by Gasteiger charge is -1.99. The van der Waals surface area contributed by atoms with E-state index in [1.54, 1.807) is 6.07 Å². The van der Waals surface area contributed by atoms with Crippen molar-refractivity contribution in [2.45, 2.75) is 6.42 Å². The summed E-state index contributed by atoms with van der Waals surface area (Å²) in [6.45, 7) is 0. The molecule has 3 rings (SSSR count). The maximum absolute atomic E-state index is 9.86. The Hall–Kier alpha value is -1.89. The van der Waals surface area contributed by atoms with Crippen molar-refractivity contribution in [2.75, 3.05) is 0 Å². The Morgan fingerprint density at radius 3 is 2.70 bits per heavy atom. The SMILES string of the molecule is Oc1ccc(I)cc1-c1nc(Cc2ccccc2)no1. The normalized spacial score (nSPS) is 10.7. The van der Waals surface area contributed by atoms with Crippen LogP contribution in [-0.4, -0.2) is 15.2 Å². The average molecular weight is 378 g/mol. The summed E-state index contributed by atoms with van der Waals surface area (Å²) < 4.78 is 6.23. The number of phenols is 1. The zero-order valence-corrected chi connectivity index (χ0v) is 12.6. The zero-order chi connectivity index (χ0) is 13.9. The fourth-order valence-corrected chi connectivity index (χ4v) is 2.38. The van der Waals surface area contributed by atoms with Crippen LogP contribution in [0.2, 0.25) is 0 Å². The molecule has 0 saturated heterocycles. The minimum Gasteiger partial charge on any atom is -0.507 e. The second kappa shape index (κ2) is 5.62. The van der Waals surface area contributed by atoms with Gasteiger partial charge in [0.2, 0.25) is 0 Å². The average Bonchev–Trinajstić information content (AvgIpc) is 2.91. The van der Waals surface area contributed by atoms with Gasteiger partial charge in [-0.15, -0.1) is 0 Å². The van der Waals surface area contributed by atoms with E-state index in [9.17, 15) is 5.11 Å². The van der Waals surface area contributed by atoms with E-state index in [0.29, 0.717) is 23.7 Å². The molecule has 0 spiro atoms. The molecule has 3 aromatic rings. The van der Waals surface area contributed by atoms with E-state index in [-0.39, 0.29) is 5.75 Å². The Balaban J connectivity index is 1.88. The number of hydrogen-bond donors (Lipinski definition) is 1. The smallest absolute Gasteiger partial charge is 0.261 e. The van der Waals surface area contributed by atoms with Gasteiger partial charge in [-0.05, 0) is 46.4 Å². The molecule has 1 heterocycles. The minimum absolute atomic E-state index is 0.139. The van der Waals surface area contributed by atoms with Crippen LogP contribution < -0.4 is 0 Å². The fourth-order valence-electron chi connectivity index (χ4n) is 1.89. The van der Waals surface area contributed by atoms with Gasteiger partial charge in [-0.25, -0.2) is 0 Å². The Morgan fingerprint density at radius 1 is 1.10 bits per heavy atom. The van der Waals surface area contributed by atoms with Gasteiger partial charge in [-0.1, -0.05) is 35.5 Å². The predicted octanol–water partition coefficient (Wildman–Crippen LogP) is 3.64. The van der Waals surface area contributed by atoms with Crippen LogP contribution in [0.3, 0.4) is 0 Å². The molecule has 0 aliphatic heterocycles. The Kier molecular flexibility index (Phi) is 3.68. The molecule has 5 heteroatoms. The monoisotopic (exact) mass is 378 g/mol. The third-order valence-corrected chi connectivity index (χ3v) is 3.53. The summed E-state index contributed by atoms with van der Waals surface area (Å²) >= 11 is 2.17. The number of halogens is 1. The first-order chi connectivity index (χ1) is 9.72. The Labute approximate surface area is 129 Å². The van der Waals surface area contributed by atoms with Crippen LogP contribution in [0.1, 0.15) is 11.4 Å². The van der Waals surface area contributed by atoms with E-state index in [1.165, 1.54) is 0 Å². The lowest BCUT2D eigenvalue weighted by atomic mass is 10.1. The van der Waals surface area contributed by atoms with Gasteiger partial charge in [0.15, 0.2) is 5.82 Å². The van der Waals surface area contributed by atoms with Crippen LogP contribution in [0.25, 0.3) is 11.5 Å². The predicted molar refractivity (Wildman–Crippen MR) is 83.4 cm³/mol. The van der Waals surface area contributed by atoms with Gasteiger partial charge in [-0.2, -0.15) is 4.98 Å². The van der Waals surface area contributed by atoms with Crippen LogP contribution in [0, 0.1) is 3.57 Å². The van der Waals surface area contributed by atoms with Crippen LogP contribution in [-0.2, 0) is 6.42 Å². The molecule has 1 N–H and O–H groups in total. The molecule has 2 aromatic carbocycles. The van der Waals surface area contributed by atoms with Crippen LogP contribution in [0.4, 0.5) is 0 Å². The van der Waals surface area contributed by atoms with Crippen molar-refractivity contribution in [3.8, 4) is 17.2 Å². The van der Waals surface area contributed by atoms with Gasteiger partial charge < -0.3 is 9.63 Å². The second-order valence-electron chi connectivity index (χ2n) is 4.34. The molecule has 0 aliphatic carbocycles. The quantitative estimate of drug-likeness (QED) is 0.708. The molecule has 4 nitrogen and oxygen atoms in total. The molecular formula is C15H11IN2O2. The molecule has 0 fully saturated rings. The Morgan fingerprint density at radius 2 is 1.90 bits per heavy atom. The van der Waals surface area contributed by atoms with Gasteiger partial charge >= 0.3 is 0 Å². The molecule has 0 saturated carbocycles. The maximum Gasteiger partial charge on any atom is 0.261 e. The summed E-state index contributed by atoms with van der Waals surface area (Å²) in [4.78, 5) is 4.34. The van der Waals surface area contributed by atoms with E-state index in [2.05, 4.69) is 32.7 Å². The molecule has 20 heavy (non-hydrogen) atoms. The lowest BCUT2D eigenvalue weighted by Crippen LogP contribution is -1.90. The van der Waals surface area contributed by atoms with Crippen molar-refractivity contribution >= 4 is 22.6 Å². The van der Waals surface area contributed by atoms with E-state index < -0.39 is 0 Å². The summed E-state index contributed by atoms with van der Waals surface area (Å²) in [5.41, 5.74) is 1.68. The number of aromatic nitrogens is 2. The molecule has 100 valence electrons. The third-order valence-electron chi connectivity index (χ3n) is 2.86. The van der Waals surface area contributed by atoms with Crippen molar-refractivity contribution in [3.63, 3.8) is 0 Å². The number of rotatable bonds is 3. The lowest BCUT2D eigenvalue weighted by molar-refractivity contribution is 0.418. The van der Waals surface area contributed by atoms with Crippen LogP contribution in [0.5, 0.6) is 5.75 Å². The number of hydrogen-bond acceptors (Lipinski definition) is 4. The minimum atomic E-state index is 0.139. The summed E-state index contributed by atoms with van der Waals surface area (Å²) in [5, 5.41) is 13.8. The standard InChI is InChI=1S/C15H11IN2O2/c16-11-6-7-13(19)12(9-11)15-17-14(18-20-15)8-10-4-2-1-3-5-10/h1-7,9,19H,8H2. The highest BCUT2D eigenvalue weighted by Crippen LogP contribution is 2.29. The molecule has 0 amide bonds. The first-order valence-corrected chi connectivity index (χ1v) is 7.15. The number of aromatic hydroxyl groups is 1. The summed E-state index contributed by atoms with van der Waals surface area (Å²) in [6.07, 6.45) is 0.606. The summed E-state index contributed by atoms with van der Waals surface area (Å²) in [7, 11) is 0. The highest BCUT2D eigenvalue weighted by atomic mass is 127. The number of phenolic OH excluding ortho intramolecular Hbond substituents is 1. The van der Waals surface area contributed by atoms with Crippen molar-refractivity contribution < 1.29 is 9.63 Å². The van der Waals surface area contributed by atoms with Crippen molar-refractivity contribution in [1.29, 1.82) is 0 Å². The fraction of sp³-hybridized carbons (Fsp3) is 0.0667. The number of nitrogens with zero attached hydrogens (tertiary/aromatic N) is 2. The largest absolute Gasteiger partial charge is 0.507 e. The van der Waals surface area contributed by atoms with Crippen LogP contribution >= 0.6 is 22.6 Å². The van der Waals surface area contributed by atoms with Crippen LogP contribution in [0.15, 0.2) is 53.1 Å². The van der Waals surface area contributed by atoms with Gasteiger partial charge in [0, 0.05) is 9.99 Å². The highest BCUT2D eigenvalue weighted by Gasteiger charge is 2.13. The molecule has 0 bridgehead atoms. The number of benzene rings is 2. The second-order valence-corrected chi connectivity index (χ2v) is 5.59. The molecular weight excluding hydrogens is 367 g/mol. The molecule has 0 aliphatic rings. The topological polar surface area (TPSA) is 59.2 Å². The summed E-state index contributed by atoms with van der Waals surface area (Å²) in [6, 6.07) is 15.2. The van der Waals surface area contributed by atoms with E-state index in [4.69, 9.17) is 4.52 Å². The van der Waals surface area contributed by atoms with Gasteiger partial charge in [0.05, 0.1) is 5.56 Å². The van der Waals surface area contributed by atoms with Gasteiger partial charge in [0.1, 0.15) is 5.75 Å². The highest BCUT2D eigenvalue weighted by molar-refractivity contribution is 14.1. The van der Waals surface area contributed by atoms with E-state index in [0.717, 1.165) is 9.13 Å². The van der Waals surface area contributed by atoms with Crippen molar-refractivity contribution in [1.82, 2.24) is 10.1 Å². The molecule has 0 atom stereocenters. The zero-order valence-electron chi connectivity index (χ0n) is 10.5. The molecule has 1 aromatic heterocycles. The van der Waals surface area contributed by atoms with Crippen molar-refractivity contribution in [3.05, 3.63) is 63.5 Å².